The Bertz CT molecular complexity index is 613. The number of carboxylic acids is 1. The van der Waals surface area contributed by atoms with Crippen LogP contribution in [-0.2, 0) is 19.1 Å². The maximum atomic E-state index is 11.8. The van der Waals surface area contributed by atoms with Crippen LogP contribution >= 0.6 is 0 Å². The topological polar surface area (TPSA) is 154 Å². The second-order valence-electron chi connectivity index (χ2n) is 8.31. The summed E-state index contributed by atoms with van der Waals surface area (Å²) in [6.45, 7) is 4.88. The van der Waals surface area contributed by atoms with E-state index in [-0.39, 0.29) is 23.7 Å². The molecule has 7 atom stereocenters. The van der Waals surface area contributed by atoms with Crippen molar-refractivity contribution in [3.8, 4) is 0 Å². The van der Waals surface area contributed by atoms with Crippen LogP contribution in [0.25, 0.3) is 0 Å². The lowest BCUT2D eigenvalue weighted by molar-refractivity contribution is -0.310. The molecule has 0 aromatic heterocycles. The summed E-state index contributed by atoms with van der Waals surface area (Å²) in [6.07, 6.45) is -4.91. The molecule has 0 amide bonds. The van der Waals surface area contributed by atoms with Gasteiger partial charge in [0.1, 0.15) is 24.4 Å². The number of allylic oxidation sites excluding steroid dienone is 1. The van der Waals surface area contributed by atoms with Crippen LogP contribution in [0.5, 0.6) is 0 Å². The summed E-state index contributed by atoms with van der Waals surface area (Å²) in [4.78, 5) is 23.4. The van der Waals surface area contributed by atoms with E-state index in [0.29, 0.717) is 12.8 Å². The van der Waals surface area contributed by atoms with Gasteiger partial charge in [-0.05, 0) is 37.2 Å². The van der Waals surface area contributed by atoms with Gasteiger partial charge in [-0.2, -0.15) is 0 Å². The van der Waals surface area contributed by atoms with Gasteiger partial charge in [-0.25, -0.2) is 4.79 Å². The van der Waals surface area contributed by atoms with E-state index in [1.807, 2.05) is 13.8 Å². The Morgan fingerprint density at radius 2 is 1.93 bits per heavy atom. The van der Waals surface area contributed by atoms with Crippen LogP contribution in [-0.4, -0.2) is 80.7 Å². The van der Waals surface area contributed by atoms with E-state index < -0.39 is 54.8 Å². The van der Waals surface area contributed by atoms with Crippen LogP contribution < -0.4 is 0 Å². The molecule has 1 aliphatic carbocycles. The Morgan fingerprint density at radius 3 is 2.50 bits per heavy atom. The second-order valence-corrected chi connectivity index (χ2v) is 8.31. The summed E-state index contributed by atoms with van der Waals surface area (Å²) >= 11 is 0. The summed E-state index contributed by atoms with van der Waals surface area (Å²) in [7, 11) is 0. The molecule has 0 aromatic carbocycles. The Kier molecular flexibility index (Phi) is 7.35. The molecule has 0 spiro atoms. The third-order valence-electron chi connectivity index (χ3n) is 5.59. The average Bonchev–Trinajstić information content (AvgIpc) is 2.59. The van der Waals surface area contributed by atoms with Crippen molar-refractivity contribution in [1.82, 2.24) is 0 Å². The van der Waals surface area contributed by atoms with Crippen molar-refractivity contribution in [2.75, 3.05) is 6.61 Å². The number of carbonyl (C=O) groups is 2. The molecule has 5 N–H and O–H groups in total. The number of carboxylic acid groups (broad SMARTS) is 1. The van der Waals surface area contributed by atoms with E-state index in [1.54, 1.807) is 6.92 Å². The van der Waals surface area contributed by atoms with Crippen molar-refractivity contribution < 1.29 is 44.6 Å². The molecule has 0 aromatic rings. The highest BCUT2D eigenvalue weighted by atomic mass is 16.7. The van der Waals surface area contributed by atoms with Crippen molar-refractivity contribution >= 4 is 11.8 Å². The molecule has 9 nitrogen and oxygen atoms in total. The van der Waals surface area contributed by atoms with Gasteiger partial charge in [-0.1, -0.05) is 13.8 Å². The lowest BCUT2D eigenvalue weighted by Crippen LogP contribution is -2.59. The highest BCUT2D eigenvalue weighted by molar-refractivity contribution is 6.01. The highest BCUT2D eigenvalue weighted by Gasteiger charge is 2.45. The van der Waals surface area contributed by atoms with Crippen LogP contribution in [0.2, 0.25) is 0 Å². The quantitative estimate of drug-likeness (QED) is 0.382. The van der Waals surface area contributed by atoms with Gasteiger partial charge in [0.05, 0.1) is 12.7 Å². The van der Waals surface area contributed by atoms with Crippen LogP contribution in [0.4, 0.5) is 0 Å². The van der Waals surface area contributed by atoms with E-state index >= 15 is 0 Å². The molecule has 0 bridgehead atoms. The number of hydrogen-bond donors (Lipinski definition) is 5. The van der Waals surface area contributed by atoms with Gasteiger partial charge in [0.2, 0.25) is 0 Å². The summed E-state index contributed by atoms with van der Waals surface area (Å²) in [5, 5.41) is 48.4. The SMILES string of the molecule is C[C@@H](CC[C@H]1C(C(=O)O)=CC(=O)CC1(C)C)O[C@@H]1O[C@H](CO)[C@@H](O)[C@H](O)[C@H]1O. The fourth-order valence-corrected chi connectivity index (χ4v) is 3.95. The molecule has 28 heavy (non-hydrogen) atoms. The van der Waals surface area contributed by atoms with Gasteiger partial charge in [-0.3, -0.25) is 4.79 Å². The third kappa shape index (κ3) is 4.97. The van der Waals surface area contributed by atoms with Gasteiger partial charge in [0, 0.05) is 12.0 Å². The van der Waals surface area contributed by atoms with Gasteiger partial charge in [-0.15, -0.1) is 0 Å². The number of aliphatic carboxylic acids is 1. The maximum Gasteiger partial charge on any atom is 0.331 e. The zero-order chi connectivity index (χ0) is 21.2. The summed E-state index contributed by atoms with van der Waals surface area (Å²) in [5.41, 5.74) is -0.427. The van der Waals surface area contributed by atoms with Gasteiger partial charge in [0.15, 0.2) is 12.1 Å². The number of aliphatic hydroxyl groups excluding tert-OH is 4. The molecule has 0 radical (unpaired) electrons. The van der Waals surface area contributed by atoms with Crippen molar-refractivity contribution in [1.29, 1.82) is 0 Å². The van der Waals surface area contributed by atoms with E-state index in [9.17, 15) is 35.1 Å². The van der Waals surface area contributed by atoms with Crippen molar-refractivity contribution in [3.63, 3.8) is 0 Å². The van der Waals surface area contributed by atoms with Crippen LogP contribution in [0.1, 0.15) is 40.0 Å². The van der Waals surface area contributed by atoms with Crippen LogP contribution in [0.3, 0.4) is 0 Å². The van der Waals surface area contributed by atoms with E-state index in [2.05, 4.69) is 0 Å². The first-order chi connectivity index (χ1) is 13.0. The van der Waals surface area contributed by atoms with E-state index in [0.717, 1.165) is 0 Å². The summed E-state index contributed by atoms with van der Waals surface area (Å²) in [6, 6.07) is 0. The highest BCUT2D eigenvalue weighted by Crippen LogP contribution is 2.43. The molecule has 9 heteroatoms. The van der Waals surface area contributed by atoms with E-state index in [1.165, 1.54) is 6.08 Å². The number of rotatable bonds is 7. The first-order valence-corrected chi connectivity index (χ1v) is 9.41. The van der Waals surface area contributed by atoms with Crippen LogP contribution in [0, 0.1) is 11.3 Å². The lowest BCUT2D eigenvalue weighted by Gasteiger charge is -2.41. The Hall–Kier alpha value is -1.36. The number of hydrogen-bond acceptors (Lipinski definition) is 8. The standard InChI is InChI=1S/C19H30O9/c1-9(27-18-16(24)15(23)14(22)13(8-20)28-18)4-5-12-11(17(25)26)6-10(21)7-19(12,2)3/h6,9,12-16,18,20,22-24H,4-5,7-8H2,1-3H3,(H,25,26)/t9-,12-,13+,14+,15-,16+,18+/m0/s1. The Balaban J connectivity index is 2.01. The predicted octanol–water partition coefficient (Wildman–Crippen LogP) is -0.402. The third-order valence-corrected chi connectivity index (χ3v) is 5.59. The number of carbonyl (C=O) groups excluding carboxylic acids is 1. The van der Waals surface area contributed by atoms with Crippen LogP contribution in [0.15, 0.2) is 11.6 Å². The zero-order valence-electron chi connectivity index (χ0n) is 16.3. The molecule has 2 rings (SSSR count). The normalized spacial score (nSPS) is 36.7. The fourth-order valence-electron chi connectivity index (χ4n) is 3.95. The van der Waals surface area contributed by atoms with Gasteiger partial charge >= 0.3 is 5.97 Å². The monoisotopic (exact) mass is 402 g/mol. The minimum absolute atomic E-state index is 0.0845. The molecule has 1 fully saturated rings. The molecular formula is C19H30O9. The fraction of sp³-hybridized carbons (Fsp3) is 0.789. The maximum absolute atomic E-state index is 11.8. The van der Waals surface area contributed by atoms with Gasteiger partial charge in [0.25, 0.3) is 0 Å². The Morgan fingerprint density at radius 1 is 1.29 bits per heavy atom. The zero-order valence-corrected chi connectivity index (χ0v) is 16.3. The van der Waals surface area contributed by atoms with E-state index in [4.69, 9.17) is 9.47 Å². The number of ether oxygens (including phenoxy) is 2. The van der Waals surface area contributed by atoms with Crippen molar-refractivity contribution in [3.05, 3.63) is 11.6 Å². The molecular weight excluding hydrogens is 372 g/mol. The first kappa shape index (κ1) is 22.9. The summed E-state index contributed by atoms with van der Waals surface area (Å²) in [5.74, 6) is -1.67. The molecule has 0 saturated carbocycles. The Labute approximate surface area is 163 Å². The first-order valence-electron chi connectivity index (χ1n) is 9.41. The molecule has 2 aliphatic rings. The predicted molar refractivity (Wildman–Crippen MR) is 96.2 cm³/mol. The second kappa shape index (κ2) is 8.98. The summed E-state index contributed by atoms with van der Waals surface area (Å²) < 4.78 is 11.0. The molecule has 1 saturated heterocycles. The minimum Gasteiger partial charge on any atom is -0.478 e. The van der Waals surface area contributed by atoms with Crippen molar-refractivity contribution in [2.24, 2.45) is 11.3 Å². The largest absolute Gasteiger partial charge is 0.478 e. The minimum atomic E-state index is -1.52. The molecule has 1 aliphatic heterocycles. The number of aliphatic hydroxyl groups is 4. The molecule has 1 heterocycles. The van der Waals surface area contributed by atoms with Crippen molar-refractivity contribution in [2.45, 2.75) is 76.8 Å². The number of ketones is 1. The smallest absolute Gasteiger partial charge is 0.331 e. The molecule has 0 unspecified atom stereocenters. The molecule has 160 valence electrons. The lowest BCUT2D eigenvalue weighted by atomic mass is 9.66. The average molecular weight is 402 g/mol. The van der Waals surface area contributed by atoms with Gasteiger partial charge < -0.3 is 35.0 Å².